The molecule has 0 radical (unpaired) electrons. The van der Waals surface area contributed by atoms with Crippen molar-refractivity contribution in [3.8, 4) is 0 Å². The van der Waals surface area contributed by atoms with Crippen LogP contribution in [-0.4, -0.2) is 52.6 Å². The van der Waals surface area contributed by atoms with Gasteiger partial charge in [-0.3, -0.25) is 0 Å². The Hall–Kier alpha value is -1.27. The van der Waals surface area contributed by atoms with Crippen molar-refractivity contribution in [1.29, 1.82) is 0 Å². The van der Waals surface area contributed by atoms with Crippen LogP contribution in [0.2, 0.25) is 0 Å². The SMILES string of the molecule is CN[C](=[V])N1CCN(c2ncnc3ccc(C)cc23)CC1. The van der Waals surface area contributed by atoms with E-state index in [2.05, 4.69) is 67.2 Å². The van der Waals surface area contributed by atoms with Crippen molar-refractivity contribution in [2.45, 2.75) is 6.92 Å². The van der Waals surface area contributed by atoms with E-state index in [1.165, 1.54) is 10.0 Å². The summed E-state index contributed by atoms with van der Waals surface area (Å²) < 4.78 is 1.17. The number of anilines is 1. The molecule has 1 saturated heterocycles. The molecule has 1 aromatic heterocycles. The molecule has 0 amide bonds. The van der Waals surface area contributed by atoms with E-state index in [0.717, 1.165) is 42.9 Å². The Balaban J connectivity index is 1.85. The first-order valence-corrected chi connectivity index (χ1v) is 7.84. The van der Waals surface area contributed by atoms with E-state index in [1.807, 2.05) is 7.05 Å². The van der Waals surface area contributed by atoms with Crippen molar-refractivity contribution in [3.63, 3.8) is 0 Å². The Labute approximate surface area is 133 Å². The van der Waals surface area contributed by atoms with Gasteiger partial charge in [0.25, 0.3) is 0 Å². The van der Waals surface area contributed by atoms with Gasteiger partial charge in [-0.05, 0) is 0 Å². The molecule has 1 fully saturated rings. The van der Waals surface area contributed by atoms with Crippen LogP contribution in [0.15, 0.2) is 24.5 Å². The first-order valence-electron chi connectivity index (χ1n) is 7.14. The van der Waals surface area contributed by atoms with Gasteiger partial charge in [-0.25, -0.2) is 0 Å². The Morgan fingerprint density at radius 2 is 1.95 bits per heavy atom. The van der Waals surface area contributed by atoms with Crippen LogP contribution in [-0.2, 0) is 17.0 Å². The molecule has 3 rings (SSSR count). The molecule has 0 unspecified atom stereocenters. The van der Waals surface area contributed by atoms with Gasteiger partial charge in [-0.15, -0.1) is 0 Å². The molecule has 1 aliphatic heterocycles. The number of rotatable bonds is 3. The second-order valence-electron chi connectivity index (χ2n) is 5.27. The third-order valence-electron chi connectivity index (χ3n) is 3.87. The molecular formula is C15H19N5V. The first kappa shape index (κ1) is 14.7. The van der Waals surface area contributed by atoms with Crippen molar-refractivity contribution in [2.75, 3.05) is 38.1 Å². The maximum atomic E-state index is 4.53. The number of fused-ring (bicyclic) bond motifs is 1. The van der Waals surface area contributed by atoms with Gasteiger partial charge < -0.3 is 0 Å². The van der Waals surface area contributed by atoms with Crippen molar-refractivity contribution >= 4 is 21.2 Å². The predicted molar refractivity (Wildman–Crippen MR) is 82.1 cm³/mol. The summed E-state index contributed by atoms with van der Waals surface area (Å²) in [6.07, 6.45) is 1.67. The summed E-state index contributed by atoms with van der Waals surface area (Å²) in [6, 6.07) is 6.35. The molecule has 6 heteroatoms. The Morgan fingerprint density at radius 3 is 2.67 bits per heavy atom. The van der Waals surface area contributed by atoms with Gasteiger partial charge >= 0.3 is 133 Å². The van der Waals surface area contributed by atoms with E-state index in [0.29, 0.717) is 0 Å². The molecule has 109 valence electrons. The normalized spacial score (nSPS) is 16.3. The van der Waals surface area contributed by atoms with Gasteiger partial charge in [-0.2, -0.15) is 0 Å². The number of hydrogen-bond acceptors (Lipinski definition) is 5. The van der Waals surface area contributed by atoms with Gasteiger partial charge in [0.05, 0.1) is 0 Å². The number of hydrogen-bond donors (Lipinski definition) is 1. The number of aromatic nitrogens is 2. The van der Waals surface area contributed by atoms with Crippen LogP contribution in [0, 0.1) is 6.92 Å². The molecule has 5 nitrogen and oxygen atoms in total. The summed E-state index contributed by atoms with van der Waals surface area (Å²) in [6.45, 7) is 6.06. The van der Waals surface area contributed by atoms with E-state index in [1.54, 1.807) is 6.33 Å². The zero-order valence-corrected chi connectivity index (χ0v) is 13.8. The summed E-state index contributed by atoms with van der Waals surface area (Å²) in [5, 5.41) is 4.35. The number of benzene rings is 1. The molecule has 0 bridgehead atoms. The van der Waals surface area contributed by atoms with E-state index in [-0.39, 0.29) is 0 Å². The molecule has 2 aromatic rings. The van der Waals surface area contributed by atoms with Gasteiger partial charge in [0, 0.05) is 0 Å². The van der Waals surface area contributed by atoms with Crippen molar-refractivity contribution in [1.82, 2.24) is 20.2 Å². The maximum absolute atomic E-state index is 4.53. The number of nitrogens with one attached hydrogen (secondary N) is 1. The molecular weight excluding hydrogens is 301 g/mol. The predicted octanol–water partition coefficient (Wildman–Crippen LogP) is 0.914. The monoisotopic (exact) mass is 320 g/mol. The molecule has 0 saturated carbocycles. The number of aryl methyl sites for hydroxylation is 1. The zero-order valence-electron chi connectivity index (χ0n) is 12.4. The second-order valence-corrected chi connectivity index (χ2v) is 5.93. The van der Waals surface area contributed by atoms with Gasteiger partial charge in [0.2, 0.25) is 0 Å². The van der Waals surface area contributed by atoms with E-state index >= 15 is 0 Å². The summed E-state index contributed by atoms with van der Waals surface area (Å²) in [5.41, 5.74) is 2.26. The van der Waals surface area contributed by atoms with E-state index < -0.39 is 0 Å². The third-order valence-corrected chi connectivity index (χ3v) is 4.66. The summed E-state index contributed by atoms with van der Waals surface area (Å²) in [5.74, 6) is 1.06. The molecule has 1 aliphatic rings. The van der Waals surface area contributed by atoms with Crippen LogP contribution in [0.3, 0.4) is 0 Å². The number of nitrogens with zero attached hydrogens (tertiary/aromatic N) is 4. The van der Waals surface area contributed by atoms with E-state index in [9.17, 15) is 0 Å². The van der Waals surface area contributed by atoms with Crippen LogP contribution in [0.25, 0.3) is 10.9 Å². The molecule has 0 atom stereocenters. The minimum atomic E-state index is 0.975. The first-order chi connectivity index (χ1) is 10.2. The minimum absolute atomic E-state index is 0.975. The van der Waals surface area contributed by atoms with Gasteiger partial charge in [-0.1, -0.05) is 0 Å². The molecule has 0 aliphatic carbocycles. The third kappa shape index (κ3) is 3.01. The van der Waals surface area contributed by atoms with Gasteiger partial charge in [0.15, 0.2) is 0 Å². The van der Waals surface area contributed by atoms with Crippen LogP contribution in [0.5, 0.6) is 0 Å². The Bertz CT molecular complexity index is 664. The van der Waals surface area contributed by atoms with Crippen LogP contribution in [0.4, 0.5) is 5.82 Å². The van der Waals surface area contributed by atoms with Crippen LogP contribution >= 0.6 is 0 Å². The topological polar surface area (TPSA) is 44.3 Å². The Morgan fingerprint density at radius 1 is 1.19 bits per heavy atom. The van der Waals surface area contributed by atoms with Crippen LogP contribution in [0.1, 0.15) is 5.56 Å². The quantitative estimate of drug-likeness (QED) is 0.911. The van der Waals surface area contributed by atoms with Crippen LogP contribution < -0.4 is 10.2 Å². The fraction of sp³-hybridized carbons (Fsp3) is 0.400. The molecule has 2 heterocycles. The zero-order chi connectivity index (χ0) is 14.8. The molecule has 0 spiro atoms. The fourth-order valence-corrected chi connectivity index (χ4v) is 3.01. The Kier molecular flexibility index (Phi) is 4.36. The average molecular weight is 320 g/mol. The standard InChI is InChI=1S/C15H19N5.V/c1-12-3-4-14-13(9-12)15(18-10-17-14)20-7-5-19(6-8-20)11-16-2;/h3-4,9-10,16H,5-8H2,1-2H3;. The van der Waals surface area contributed by atoms with Crippen molar-refractivity contribution < 1.29 is 17.0 Å². The number of piperazine rings is 1. The summed E-state index contributed by atoms with van der Waals surface area (Å²) >= 11 is 2.60. The summed E-state index contributed by atoms with van der Waals surface area (Å²) in [4.78, 5) is 13.6. The second kappa shape index (κ2) is 6.24. The molecule has 21 heavy (non-hydrogen) atoms. The summed E-state index contributed by atoms with van der Waals surface area (Å²) in [7, 11) is 1.96. The molecule has 1 aromatic carbocycles. The fourth-order valence-electron chi connectivity index (χ4n) is 2.70. The van der Waals surface area contributed by atoms with Gasteiger partial charge in [0.1, 0.15) is 0 Å². The van der Waals surface area contributed by atoms with Crippen molar-refractivity contribution in [2.24, 2.45) is 0 Å². The average Bonchev–Trinajstić information content (AvgIpc) is 2.53. The van der Waals surface area contributed by atoms with Crippen molar-refractivity contribution in [3.05, 3.63) is 30.1 Å². The van der Waals surface area contributed by atoms with E-state index in [4.69, 9.17) is 0 Å². The molecule has 1 N–H and O–H groups in total.